The van der Waals surface area contributed by atoms with Crippen LogP contribution in [-0.2, 0) is 39.3 Å². The number of hydrogen-bond donors (Lipinski definition) is 3. The van der Waals surface area contributed by atoms with E-state index in [1.54, 1.807) is 30.3 Å². The lowest BCUT2D eigenvalue weighted by molar-refractivity contribution is -0.138. The van der Waals surface area contributed by atoms with Crippen LogP contribution < -0.4 is 10.6 Å². The minimum absolute atomic E-state index is 0.0642. The van der Waals surface area contributed by atoms with Crippen molar-refractivity contribution < 1.29 is 32.2 Å². The lowest BCUT2D eigenvalue weighted by atomic mass is 9.85. The number of nitrogens with one attached hydrogen (secondary N) is 2. The number of amides is 2. The maximum absolute atomic E-state index is 13.5. The summed E-state index contributed by atoms with van der Waals surface area (Å²) < 4.78 is 53.7. The van der Waals surface area contributed by atoms with Crippen LogP contribution in [0.4, 0.5) is 13.2 Å². The maximum Gasteiger partial charge on any atom is 0.416 e. The third kappa shape index (κ3) is 10.4. The van der Waals surface area contributed by atoms with Crippen molar-refractivity contribution >= 4 is 19.2 Å². The fraction of sp³-hybridized carbons (Fsp3) is 0.394. The molecule has 3 aromatic rings. The van der Waals surface area contributed by atoms with Gasteiger partial charge in [0, 0.05) is 25.3 Å². The van der Waals surface area contributed by atoms with Crippen molar-refractivity contribution in [3.05, 3.63) is 107 Å². The first-order valence-electron chi connectivity index (χ1n) is 14.2. The van der Waals surface area contributed by atoms with Crippen LogP contribution in [0, 0.1) is 11.3 Å². The number of likely N-dealkylation sites (N-methyl/N-ethyl adjacent to an activating group) is 1. The van der Waals surface area contributed by atoms with Crippen molar-refractivity contribution in [1.29, 1.82) is 0 Å². The van der Waals surface area contributed by atoms with E-state index in [2.05, 4.69) is 10.6 Å². The van der Waals surface area contributed by atoms with Gasteiger partial charge in [-0.15, -0.1) is 0 Å². The largest absolute Gasteiger partial charge is 0.416 e. The van der Waals surface area contributed by atoms with Gasteiger partial charge >= 0.3 is 6.18 Å². The van der Waals surface area contributed by atoms with Crippen LogP contribution in [0.5, 0.6) is 0 Å². The minimum atomic E-state index is -4.46. The Hall–Kier alpha value is -3.42. The first kappa shape index (κ1) is 34.1. The van der Waals surface area contributed by atoms with E-state index < -0.39 is 42.4 Å². The molecule has 0 heterocycles. The Morgan fingerprint density at radius 2 is 1.42 bits per heavy atom. The van der Waals surface area contributed by atoms with Gasteiger partial charge in [-0.25, -0.2) is 0 Å². The second-order valence-corrected chi connectivity index (χ2v) is 14.4. The summed E-state index contributed by atoms with van der Waals surface area (Å²) in [5, 5.41) is 5.38. The zero-order valence-electron chi connectivity index (χ0n) is 24.9. The SMILES string of the molecule is CNC(=O)[C@@H](NC(=O)C(CCc1ccccc1)CP(=O)(O)Cc1ccc(Cc2ccccc2C(F)(F)F)cc1)C(C)(C)C. The maximum atomic E-state index is 13.5. The Kier molecular flexibility index (Phi) is 11.4. The molecule has 0 aliphatic heterocycles. The molecule has 2 amide bonds. The highest BCUT2D eigenvalue weighted by molar-refractivity contribution is 7.57. The second kappa shape index (κ2) is 14.4. The molecule has 0 aliphatic carbocycles. The molecule has 3 N–H and O–H groups in total. The highest BCUT2D eigenvalue weighted by Crippen LogP contribution is 2.47. The third-order valence-electron chi connectivity index (χ3n) is 7.33. The van der Waals surface area contributed by atoms with Gasteiger partial charge in [-0.2, -0.15) is 13.2 Å². The molecule has 3 atom stereocenters. The number of aryl methyl sites for hydroxylation is 1. The Bertz CT molecular complexity index is 1420. The smallest absolute Gasteiger partial charge is 0.357 e. The average Bonchev–Trinajstić information content (AvgIpc) is 2.94. The quantitative estimate of drug-likeness (QED) is 0.200. The van der Waals surface area contributed by atoms with Crippen molar-refractivity contribution in [3.63, 3.8) is 0 Å². The molecular weight excluding hydrogens is 576 g/mol. The number of carbonyl (C=O) groups excluding carboxylic acids is 2. The summed E-state index contributed by atoms with van der Waals surface area (Å²) in [4.78, 5) is 37.1. The Balaban J connectivity index is 1.76. The fourth-order valence-corrected chi connectivity index (χ4v) is 6.95. The van der Waals surface area contributed by atoms with E-state index in [4.69, 9.17) is 0 Å². The number of carbonyl (C=O) groups is 2. The van der Waals surface area contributed by atoms with Crippen LogP contribution in [0.2, 0.25) is 0 Å². The molecule has 0 aromatic heterocycles. The Labute approximate surface area is 251 Å². The molecule has 232 valence electrons. The Morgan fingerprint density at radius 3 is 2.00 bits per heavy atom. The highest BCUT2D eigenvalue weighted by Gasteiger charge is 2.36. The van der Waals surface area contributed by atoms with Crippen molar-refractivity contribution in [2.24, 2.45) is 11.3 Å². The standard InChI is InChI=1S/C33H40F3N2O4P/c1-32(2,3)29(31(40)37-4)38-30(39)27(19-18-23-10-6-5-7-11-23)22-43(41,42)21-25-16-14-24(15-17-25)20-26-12-8-9-13-28(26)33(34,35)36/h5-17,27,29H,18-22H2,1-4H3,(H,37,40)(H,38,39)(H,41,42)/t27?,29-/m1/s1. The van der Waals surface area contributed by atoms with E-state index in [9.17, 15) is 32.2 Å². The lowest BCUT2D eigenvalue weighted by Gasteiger charge is -2.31. The molecule has 0 bridgehead atoms. The van der Waals surface area contributed by atoms with Crippen molar-refractivity contribution in [2.45, 2.75) is 58.4 Å². The molecule has 0 radical (unpaired) electrons. The zero-order chi connectivity index (χ0) is 31.8. The zero-order valence-corrected chi connectivity index (χ0v) is 25.8. The first-order chi connectivity index (χ1) is 20.1. The summed E-state index contributed by atoms with van der Waals surface area (Å²) in [6.07, 6.45) is -4.06. The number of rotatable bonds is 12. The monoisotopic (exact) mass is 616 g/mol. The molecule has 0 aliphatic rings. The van der Waals surface area contributed by atoms with Gasteiger partial charge < -0.3 is 15.5 Å². The highest BCUT2D eigenvalue weighted by atomic mass is 31.2. The normalized spacial score (nSPS) is 14.8. The molecule has 10 heteroatoms. The first-order valence-corrected chi connectivity index (χ1v) is 16.2. The Morgan fingerprint density at radius 1 is 0.837 bits per heavy atom. The second-order valence-electron chi connectivity index (χ2n) is 12.0. The number of benzene rings is 3. The summed E-state index contributed by atoms with van der Waals surface area (Å²) in [6.45, 7) is 5.48. The van der Waals surface area contributed by atoms with E-state index in [0.29, 0.717) is 24.0 Å². The van der Waals surface area contributed by atoms with Gasteiger partial charge in [0.15, 0.2) is 0 Å². The topological polar surface area (TPSA) is 95.5 Å². The molecule has 0 saturated carbocycles. The number of halogens is 3. The van der Waals surface area contributed by atoms with E-state index in [0.717, 1.165) is 11.6 Å². The third-order valence-corrected chi connectivity index (χ3v) is 9.20. The van der Waals surface area contributed by atoms with E-state index in [1.165, 1.54) is 19.2 Å². The predicted octanol–water partition coefficient (Wildman–Crippen LogP) is 6.59. The van der Waals surface area contributed by atoms with E-state index >= 15 is 0 Å². The summed E-state index contributed by atoms with van der Waals surface area (Å²) in [5.74, 6) is -1.65. The summed E-state index contributed by atoms with van der Waals surface area (Å²) in [5.41, 5.74) is 1.02. The molecule has 2 unspecified atom stereocenters. The van der Waals surface area contributed by atoms with Crippen molar-refractivity contribution in [2.75, 3.05) is 13.2 Å². The van der Waals surface area contributed by atoms with Gasteiger partial charge in [0.1, 0.15) is 6.04 Å². The molecule has 3 aromatic carbocycles. The van der Waals surface area contributed by atoms with Crippen LogP contribution in [0.25, 0.3) is 0 Å². The minimum Gasteiger partial charge on any atom is -0.357 e. The van der Waals surface area contributed by atoms with Gasteiger partial charge in [0.05, 0.1) is 5.56 Å². The molecule has 0 spiro atoms. The summed E-state index contributed by atoms with van der Waals surface area (Å²) >= 11 is 0. The van der Waals surface area contributed by atoms with Crippen LogP contribution in [0.1, 0.15) is 55.0 Å². The summed E-state index contributed by atoms with van der Waals surface area (Å²) in [6, 6.07) is 20.6. The van der Waals surface area contributed by atoms with Crippen molar-refractivity contribution in [3.8, 4) is 0 Å². The van der Waals surface area contributed by atoms with E-state index in [-0.39, 0.29) is 30.2 Å². The molecule has 6 nitrogen and oxygen atoms in total. The van der Waals surface area contributed by atoms with Crippen molar-refractivity contribution in [1.82, 2.24) is 10.6 Å². The van der Waals surface area contributed by atoms with Gasteiger partial charge in [0.2, 0.25) is 19.2 Å². The molecule has 0 fully saturated rings. The van der Waals surface area contributed by atoms with Crippen LogP contribution >= 0.6 is 7.37 Å². The lowest BCUT2D eigenvalue weighted by Crippen LogP contribution is -2.54. The molecule has 0 saturated heterocycles. The van der Waals surface area contributed by atoms with Crippen LogP contribution in [0.15, 0.2) is 78.9 Å². The summed E-state index contributed by atoms with van der Waals surface area (Å²) in [7, 11) is -2.39. The van der Waals surface area contributed by atoms with E-state index in [1.807, 2.05) is 51.1 Å². The average molecular weight is 617 g/mol. The van der Waals surface area contributed by atoms with Crippen LogP contribution in [0.3, 0.4) is 0 Å². The van der Waals surface area contributed by atoms with Gasteiger partial charge in [-0.1, -0.05) is 93.6 Å². The number of hydrogen-bond acceptors (Lipinski definition) is 3. The van der Waals surface area contributed by atoms with Crippen LogP contribution in [-0.4, -0.2) is 36.0 Å². The number of alkyl halides is 3. The van der Waals surface area contributed by atoms with Gasteiger partial charge in [-0.05, 0) is 53.0 Å². The molecule has 43 heavy (non-hydrogen) atoms. The molecular formula is C33H40F3N2O4P. The fourth-order valence-electron chi connectivity index (χ4n) is 5.00. The molecule has 3 rings (SSSR count). The predicted molar refractivity (Wildman–Crippen MR) is 163 cm³/mol. The van der Waals surface area contributed by atoms with Gasteiger partial charge in [0.25, 0.3) is 0 Å². The van der Waals surface area contributed by atoms with Gasteiger partial charge in [-0.3, -0.25) is 14.2 Å².